The first-order chi connectivity index (χ1) is 7.03. The summed E-state index contributed by atoms with van der Waals surface area (Å²) in [5, 5.41) is 0. The number of likely N-dealkylation sites (tertiary alicyclic amines) is 1. The van der Waals surface area contributed by atoms with Crippen LogP contribution in [0.2, 0.25) is 0 Å². The Hall–Kier alpha value is -0.530. The Kier molecular flexibility index (Phi) is 2.78. The zero-order chi connectivity index (χ0) is 11.1. The minimum absolute atomic E-state index is 0.0324. The second kappa shape index (κ2) is 3.80. The summed E-state index contributed by atoms with van der Waals surface area (Å²) in [6.07, 6.45) is 4.63. The summed E-state index contributed by atoms with van der Waals surface area (Å²) in [6, 6.07) is 0. The normalized spacial score (nSPS) is 25.7. The number of hydrogen-bond donors (Lipinski definition) is 0. The predicted molar refractivity (Wildman–Crippen MR) is 61.5 cm³/mol. The van der Waals surface area contributed by atoms with Crippen molar-refractivity contribution in [2.75, 3.05) is 13.1 Å². The highest BCUT2D eigenvalue weighted by Gasteiger charge is 2.47. The van der Waals surface area contributed by atoms with Crippen LogP contribution in [0.1, 0.15) is 46.5 Å². The molecular formula is C13H23NO. The summed E-state index contributed by atoms with van der Waals surface area (Å²) < 4.78 is 0. The maximum Gasteiger partial charge on any atom is 0.228 e. The summed E-state index contributed by atoms with van der Waals surface area (Å²) in [6.45, 7) is 8.70. The standard InChI is InChI=1S/C13H23NO/c1-10(2)11-4-8-14(9-5-11)12(15)13(3)6-7-13/h10-11H,4-9H2,1-3H3. The lowest BCUT2D eigenvalue weighted by molar-refractivity contribution is -0.138. The first kappa shape index (κ1) is 11.0. The molecule has 1 amide bonds. The summed E-state index contributed by atoms with van der Waals surface area (Å²) in [7, 11) is 0. The van der Waals surface area contributed by atoms with Crippen molar-refractivity contribution >= 4 is 5.91 Å². The van der Waals surface area contributed by atoms with E-state index in [2.05, 4.69) is 25.7 Å². The molecule has 86 valence electrons. The van der Waals surface area contributed by atoms with Gasteiger partial charge in [0.15, 0.2) is 0 Å². The van der Waals surface area contributed by atoms with Gasteiger partial charge in [-0.3, -0.25) is 4.79 Å². The highest BCUT2D eigenvalue weighted by Crippen LogP contribution is 2.47. The van der Waals surface area contributed by atoms with E-state index < -0.39 is 0 Å². The minimum atomic E-state index is 0.0324. The molecule has 1 saturated carbocycles. The van der Waals surface area contributed by atoms with Crippen LogP contribution in [0.4, 0.5) is 0 Å². The van der Waals surface area contributed by atoms with E-state index in [1.54, 1.807) is 0 Å². The smallest absolute Gasteiger partial charge is 0.228 e. The number of carbonyl (C=O) groups is 1. The number of piperidine rings is 1. The van der Waals surface area contributed by atoms with Crippen molar-refractivity contribution in [3.63, 3.8) is 0 Å². The van der Waals surface area contributed by atoms with Gasteiger partial charge in [-0.1, -0.05) is 20.8 Å². The third kappa shape index (κ3) is 2.19. The van der Waals surface area contributed by atoms with Crippen molar-refractivity contribution in [2.24, 2.45) is 17.3 Å². The molecule has 0 aromatic heterocycles. The van der Waals surface area contributed by atoms with E-state index in [4.69, 9.17) is 0 Å². The van der Waals surface area contributed by atoms with Crippen LogP contribution < -0.4 is 0 Å². The Bertz CT molecular complexity index is 247. The Labute approximate surface area is 93.0 Å². The monoisotopic (exact) mass is 209 g/mol. The quantitative estimate of drug-likeness (QED) is 0.684. The predicted octanol–water partition coefficient (Wildman–Crippen LogP) is 2.68. The van der Waals surface area contributed by atoms with Crippen LogP contribution in [0.25, 0.3) is 0 Å². The zero-order valence-corrected chi connectivity index (χ0v) is 10.3. The van der Waals surface area contributed by atoms with Crippen molar-refractivity contribution in [1.29, 1.82) is 0 Å². The minimum Gasteiger partial charge on any atom is -0.342 e. The Morgan fingerprint density at radius 1 is 1.27 bits per heavy atom. The summed E-state index contributed by atoms with van der Waals surface area (Å²) >= 11 is 0. The van der Waals surface area contributed by atoms with E-state index in [0.29, 0.717) is 5.91 Å². The highest BCUT2D eigenvalue weighted by molar-refractivity contribution is 5.84. The number of rotatable bonds is 2. The second-order valence-corrected chi connectivity index (χ2v) is 5.93. The van der Waals surface area contributed by atoms with Gasteiger partial charge in [0.2, 0.25) is 5.91 Å². The summed E-state index contributed by atoms with van der Waals surface area (Å²) in [4.78, 5) is 14.2. The van der Waals surface area contributed by atoms with Crippen LogP contribution in [0.3, 0.4) is 0 Å². The first-order valence-corrected chi connectivity index (χ1v) is 6.32. The molecule has 2 aliphatic rings. The summed E-state index contributed by atoms with van der Waals surface area (Å²) in [5.74, 6) is 2.03. The van der Waals surface area contributed by atoms with Crippen LogP contribution >= 0.6 is 0 Å². The van der Waals surface area contributed by atoms with Crippen LogP contribution in [0.15, 0.2) is 0 Å². The SMILES string of the molecule is CC(C)C1CCN(C(=O)C2(C)CC2)CC1. The van der Waals surface area contributed by atoms with Gasteiger partial charge in [0, 0.05) is 18.5 Å². The molecule has 0 aromatic rings. The Morgan fingerprint density at radius 3 is 2.20 bits per heavy atom. The molecule has 1 heterocycles. The van der Waals surface area contributed by atoms with Crippen LogP contribution in [-0.2, 0) is 4.79 Å². The van der Waals surface area contributed by atoms with Gasteiger partial charge in [0.25, 0.3) is 0 Å². The first-order valence-electron chi connectivity index (χ1n) is 6.32. The molecular weight excluding hydrogens is 186 g/mol. The Morgan fingerprint density at radius 2 is 1.80 bits per heavy atom. The maximum absolute atomic E-state index is 12.1. The average molecular weight is 209 g/mol. The van der Waals surface area contributed by atoms with E-state index in [-0.39, 0.29) is 5.41 Å². The topological polar surface area (TPSA) is 20.3 Å². The van der Waals surface area contributed by atoms with E-state index in [1.807, 2.05) is 0 Å². The highest BCUT2D eigenvalue weighted by atomic mass is 16.2. The molecule has 0 radical (unpaired) electrons. The van der Waals surface area contributed by atoms with Gasteiger partial charge in [-0.05, 0) is 37.5 Å². The molecule has 0 aromatic carbocycles. The van der Waals surface area contributed by atoms with Crippen molar-refractivity contribution in [2.45, 2.75) is 46.5 Å². The molecule has 2 heteroatoms. The van der Waals surface area contributed by atoms with Crippen LogP contribution in [-0.4, -0.2) is 23.9 Å². The van der Waals surface area contributed by atoms with Gasteiger partial charge in [-0.2, -0.15) is 0 Å². The number of carbonyl (C=O) groups excluding carboxylic acids is 1. The number of amides is 1. The van der Waals surface area contributed by atoms with E-state index in [0.717, 1.165) is 37.8 Å². The molecule has 2 rings (SSSR count). The average Bonchev–Trinajstić information content (AvgIpc) is 2.97. The zero-order valence-electron chi connectivity index (χ0n) is 10.3. The lowest BCUT2D eigenvalue weighted by Crippen LogP contribution is -2.42. The van der Waals surface area contributed by atoms with Crippen molar-refractivity contribution in [3.05, 3.63) is 0 Å². The summed E-state index contributed by atoms with van der Waals surface area (Å²) in [5.41, 5.74) is 0.0324. The van der Waals surface area contributed by atoms with E-state index >= 15 is 0 Å². The van der Waals surface area contributed by atoms with Crippen molar-refractivity contribution < 1.29 is 4.79 Å². The fraction of sp³-hybridized carbons (Fsp3) is 0.923. The molecule has 2 nitrogen and oxygen atoms in total. The van der Waals surface area contributed by atoms with Gasteiger partial charge in [-0.25, -0.2) is 0 Å². The molecule has 0 N–H and O–H groups in total. The van der Waals surface area contributed by atoms with Gasteiger partial charge < -0.3 is 4.90 Å². The molecule has 15 heavy (non-hydrogen) atoms. The largest absolute Gasteiger partial charge is 0.342 e. The Balaban J connectivity index is 1.85. The van der Waals surface area contributed by atoms with Crippen molar-refractivity contribution in [3.8, 4) is 0 Å². The lowest BCUT2D eigenvalue weighted by atomic mass is 9.86. The van der Waals surface area contributed by atoms with Gasteiger partial charge in [0.05, 0.1) is 0 Å². The molecule has 0 atom stereocenters. The number of nitrogens with zero attached hydrogens (tertiary/aromatic N) is 1. The van der Waals surface area contributed by atoms with Crippen LogP contribution in [0.5, 0.6) is 0 Å². The third-order valence-corrected chi connectivity index (χ3v) is 4.29. The molecule has 0 unspecified atom stereocenters. The fourth-order valence-electron chi connectivity index (χ4n) is 2.55. The molecule has 2 fully saturated rings. The van der Waals surface area contributed by atoms with E-state index in [1.165, 1.54) is 12.8 Å². The lowest BCUT2D eigenvalue weighted by Gasteiger charge is -2.35. The van der Waals surface area contributed by atoms with Gasteiger partial charge in [-0.15, -0.1) is 0 Å². The molecule has 1 aliphatic heterocycles. The van der Waals surface area contributed by atoms with E-state index in [9.17, 15) is 4.79 Å². The second-order valence-electron chi connectivity index (χ2n) is 5.93. The van der Waals surface area contributed by atoms with Crippen molar-refractivity contribution in [1.82, 2.24) is 4.90 Å². The molecule has 0 bridgehead atoms. The van der Waals surface area contributed by atoms with Gasteiger partial charge in [0.1, 0.15) is 0 Å². The number of hydrogen-bond acceptors (Lipinski definition) is 1. The molecule has 0 spiro atoms. The third-order valence-electron chi connectivity index (χ3n) is 4.29. The molecule has 1 saturated heterocycles. The fourth-order valence-corrected chi connectivity index (χ4v) is 2.55. The molecule has 1 aliphatic carbocycles. The van der Waals surface area contributed by atoms with Gasteiger partial charge >= 0.3 is 0 Å². The maximum atomic E-state index is 12.1. The van der Waals surface area contributed by atoms with Crippen LogP contribution in [0, 0.1) is 17.3 Å².